The highest BCUT2D eigenvalue weighted by Gasteiger charge is 2.18. The van der Waals surface area contributed by atoms with Gasteiger partial charge in [-0.25, -0.2) is 4.98 Å². The van der Waals surface area contributed by atoms with Gasteiger partial charge in [0.05, 0.1) is 5.69 Å². The number of hydrogen-bond acceptors (Lipinski definition) is 4. The number of aryl methyl sites for hydroxylation is 1. The third-order valence-electron chi connectivity index (χ3n) is 4.31. The van der Waals surface area contributed by atoms with Crippen LogP contribution in [0, 0.1) is 6.92 Å². The molecule has 6 heteroatoms. The van der Waals surface area contributed by atoms with Gasteiger partial charge in [0.1, 0.15) is 0 Å². The predicted molar refractivity (Wildman–Crippen MR) is 118 cm³/mol. The van der Waals surface area contributed by atoms with E-state index in [1.54, 1.807) is 17.0 Å². The molecular formula is C23H23N3O2S. The van der Waals surface area contributed by atoms with Crippen molar-refractivity contribution in [2.45, 2.75) is 13.3 Å². The first-order chi connectivity index (χ1) is 14.1. The topological polar surface area (TPSA) is 62.3 Å². The third-order valence-corrected chi connectivity index (χ3v) is 5.17. The number of anilines is 1. The molecule has 0 aliphatic rings. The number of benzene rings is 2. The summed E-state index contributed by atoms with van der Waals surface area (Å²) in [5.74, 6) is -0.291. The number of rotatable bonds is 8. The monoisotopic (exact) mass is 405 g/mol. The Morgan fingerprint density at radius 3 is 2.69 bits per heavy atom. The van der Waals surface area contributed by atoms with E-state index < -0.39 is 0 Å². The molecule has 2 amide bonds. The largest absolute Gasteiger partial charge is 0.352 e. The Morgan fingerprint density at radius 1 is 1.17 bits per heavy atom. The zero-order valence-corrected chi connectivity index (χ0v) is 17.1. The van der Waals surface area contributed by atoms with Crippen LogP contribution in [-0.2, 0) is 4.79 Å². The summed E-state index contributed by atoms with van der Waals surface area (Å²) < 4.78 is 0. The molecule has 0 aliphatic heterocycles. The third kappa shape index (κ3) is 5.39. The fourth-order valence-corrected chi connectivity index (χ4v) is 3.71. The molecule has 0 saturated carbocycles. The number of nitrogens with zero attached hydrogens (tertiary/aromatic N) is 2. The maximum absolute atomic E-state index is 12.7. The molecule has 1 aromatic heterocycles. The number of thiazole rings is 1. The van der Waals surface area contributed by atoms with E-state index in [-0.39, 0.29) is 24.8 Å². The van der Waals surface area contributed by atoms with Crippen LogP contribution in [0.5, 0.6) is 0 Å². The summed E-state index contributed by atoms with van der Waals surface area (Å²) in [5.41, 5.74) is 3.45. The molecule has 3 aromatic rings. The zero-order chi connectivity index (χ0) is 20.6. The smallest absolute Gasteiger partial charge is 0.251 e. The van der Waals surface area contributed by atoms with Gasteiger partial charge in [0.2, 0.25) is 5.91 Å². The van der Waals surface area contributed by atoms with Crippen LogP contribution < -0.4 is 10.2 Å². The van der Waals surface area contributed by atoms with E-state index in [4.69, 9.17) is 0 Å². The Hall–Kier alpha value is -3.25. The summed E-state index contributed by atoms with van der Waals surface area (Å²) in [4.78, 5) is 31.2. The van der Waals surface area contributed by atoms with Crippen molar-refractivity contribution in [1.29, 1.82) is 0 Å². The van der Waals surface area contributed by atoms with Gasteiger partial charge in [0, 0.05) is 36.0 Å². The second kappa shape index (κ2) is 9.80. The van der Waals surface area contributed by atoms with Gasteiger partial charge in [-0.15, -0.1) is 17.9 Å². The molecule has 1 N–H and O–H groups in total. The molecule has 29 heavy (non-hydrogen) atoms. The maximum atomic E-state index is 12.7. The number of amides is 2. The van der Waals surface area contributed by atoms with Crippen molar-refractivity contribution >= 4 is 28.3 Å². The SMILES string of the molecule is C=CCN(C(=O)CCNC(=O)c1cccc(C)c1)c1nc(-c2ccccc2)cs1. The van der Waals surface area contributed by atoms with Crippen LogP contribution in [0.4, 0.5) is 5.13 Å². The summed E-state index contributed by atoms with van der Waals surface area (Å²) in [6, 6.07) is 17.2. The Balaban J connectivity index is 1.62. The van der Waals surface area contributed by atoms with Crippen LogP contribution in [0.1, 0.15) is 22.3 Å². The first-order valence-electron chi connectivity index (χ1n) is 9.35. The lowest BCUT2D eigenvalue weighted by atomic mass is 10.1. The van der Waals surface area contributed by atoms with E-state index >= 15 is 0 Å². The lowest BCUT2D eigenvalue weighted by molar-refractivity contribution is -0.118. The van der Waals surface area contributed by atoms with Gasteiger partial charge < -0.3 is 5.32 Å². The van der Waals surface area contributed by atoms with Crippen LogP contribution in [0.3, 0.4) is 0 Å². The summed E-state index contributed by atoms with van der Waals surface area (Å²) >= 11 is 1.42. The molecule has 0 radical (unpaired) electrons. The highest BCUT2D eigenvalue weighted by atomic mass is 32.1. The minimum absolute atomic E-state index is 0.108. The molecule has 5 nitrogen and oxygen atoms in total. The second-order valence-electron chi connectivity index (χ2n) is 6.55. The highest BCUT2D eigenvalue weighted by molar-refractivity contribution is 7.14. The van der Waals surface area contributed by atoms with Crippen molar-refractivity contribution in [2.24, 2.45) is 0 Å². The van der Waals surface area contributed by atoms with Gasteiger partial charge in [-0.2, -0.15) is 0 Å². The van der Waals surface area contributed by atoms with E-state index in [1.807, 2.05) is 60.8 Å². The molecule has 0 bridgehead atoms. The normalized spacial score (nSPS) is 10.4. The minimum Gasteiger partial charge on any atom is -0.352 e. The molecule has 2 aromatic carbocycles. The Kier molecular flexibility index (Phi) is 6.92. The summed E-state index contributed by atoms with van der Waals surface area (Å²) in [6.45, 7) is 6.31. The molecule has 0 atom stereocenters. The quantitative estimate of drug-likeness (QED) is 0.563. The number of aromatic nitrogens is 1. The lowest BCUT2D eigenvalue weighted by Crippen LogP contribution is -2.34. The van der Waals surface area contributed by atoms with E-state index in [1.165, 1.54) is 11.3 Å². The predicted octanol–water partition coefficient (Wildman–Crippen LogP) is 4.46. The number of nitrogens with one attached hydrogen (secondary N) is 1. The van der Waals surface area contributed by atoms with E-state index in [0.717, 1.165) is 16.8 Å². The Labute approximate surface area is 174 Å². The summed E-state index contributed by atoms with van der Waals surface area (Å²) in [5, 5.41) is 5.37. The average Bonchev–Trinajstić information content (AvgIpc) is 3.22. The van der Waals surface area contributed by atoms with Crippen LogP contribution in [-0.4, -0.2) is 29.9 Å². The molecule has 3 rings (SSSR count). The zero-order valence-electron chi connectivity index (χ0n) is 16.3. The number of hydrogen-bond donors (Lipinski definition) is 1. The van der Waals surface area contributed by atoms with Crippen LogP contribution in [0.25, 0.3) is 11.3 Å². The lowest BCUT2D eigenvalue weighted by Gasteiger charge is -2.18. The van der Waals surface area contributed by atoms with E-state index in [9.17, 15) is 9.59 Å². The number of carbonyl (C=O) groups excluding carboxylic acids is 2. The molecule has 0 unspecified atom stereocenters. The van der Waals surface area contributed by atoms with Crippen LogP contribution >= 0.6 is 11.3 Å². The maximum Gasteiger partial charge on any atom is 0.251 e. The van der Waals surface area contributed by atoms with E-state index in [2.05, 4.69) is 16.9 Å². The first kappa shape index (κ1) is 20.5. The molecular weight excluding hydrogens is 382 g/mol. The Bertz CT molecular complexity index is 998. The van der Waals surface area contributed by atoms with Gasteiger partial charge in [0.15, 0.2) is 5.13 Å². The second-order valence-corrected chi connectivity index (χ2v) is 7.39. The number of carbonyl (C=O) groups is 2. The van der Waals surface area contributed by atoms with Crippen molar-refractivity contribution in [3.63, 3.8) is 0 Å². The molecule has 148 valence electrons. The molecule has 0 spiro atoms. The van der Waals surface area contributed by atoms with Crippen LogP contribution in [0.15, 0.2) is 72.6 Å². The summed E-state index contributed by atoms with van der Waals surface area (Å²) in [7, 11) is 0. The molecule has 0 fully saturated rings. The van der Waals surface area contributed by atoms with E-state index in [0.29, 0.717) is 17.2 Å². The average molecular weight is 406 g/mol. The van der Waals surface area contributed by atoms with Crippen molar-refractivity contribution < 1.29 is 9.59 Å². The van der Waals surface area contributed by atoms with Crippen molar-refractivity contribution in [2.75, 3.05) is 18.0 Å². The fraction of sp³-hybridized carbons (Fsp3) is 0.174. The van der Waals surface area contributed by atoms with Crippen LogP contribution in [0.2, 0.25) is 0 Å². The van der Waals surface area contributed by atoms with Gasteiger partial charge in [-0.05, 0) is 19.1 Å². The minimum atomic E-state index is -0.183. The molecule has 0 saturated heterocycles. The standard InChI is InChI=1S/C23H23N3O2S/c1-3-14-26(23-25-20(16-29-23)18-9-5-4-6-10-18)21(27)12-13-24-22(28)19-11-7-8-17(2)15-19/h3-11,15-16H,1,12-14H2,2H3,(H,24,28). The Morgan fingerprint density at radius 2 is 1.97 bits per heavy atom. The van der Waals surface area contributed by atoms with Gasteiger partial charge >= 0.3 is 0 Å². The molecule has 1 heterocycles. The van der Waals surface area contributed by atoms with Gasteiger partial charge in [-0.3, -0.25) is 14.5 Å². The highest BCUT2D eigenvalue weighted by Crippen LogP contribution is 2.27. The molecule has 0 aliphatic carbocycles. The van der Waals surface area contributed by atoms with Crippen molar-refractivity contribution in [3.8, 4) is 11.3 Å². The van der Waals surface area contributed by atoms with Crippen molar-refractivity contribution in [1.82, 2.24) is 10.3 Å². The summed E-state index contributed by atoms with van der Waals surface area (Å²) in [6.07, 6.45) is 1.86. The first-order valence-corrected chi connectivity index (χ1v) is 10.2. The fourth-order valence-electron chi connectivity index (χ4n) is 2.85. The van der Waals surface area contributed by atoms with Gasteiger partial charge in [-0.1, -0.05) is 54.1 Å². The van der Waals surface area contributed by atoms with Crippen molar-refractivity contribution in [3.05, 3.63) is 83.8 Å². The van der Waals surface area contributed by atoms with Gasteiger partial charge in [0.25, 0.3) is 5.91 Å².